The molecule has 0 fully saturated rings. The summed E-state index contributed by atoms with van der Waals surface area (Å²) in [5.41, 5.74) is -0.107. The monoisotopic (exact) mass is 315 g/mol. The molecule has 7 nitrogen and oxygen atoms in total. The van der Waals surface area contributed by atoms with Crippen molar-refractivity contribution in [3.8, 4) is 0 Å². The van der Waals surface area contributed by atoms with Gasteiger partial charge in [0.15, 0.2) is 0 Å². The minimum atomic E-state index is -0.473. The first-order valence-electron chi connectivity index (χ1n) is 7.17. The summed E-state index contributed by atoms with van der Waals surface area (Å²) in [7, 11) is 0. The van der Waals surface area contributed by atoms with E-state index in [1.807, 2.05) is 11.8 Å². The van der Waals surface area contributed by atoms with Crippen molar-refractivity contribution in [1.82, 2.24) is 14.9 Å². The van der Waals surface area contributed by atoms with Gasteiger partial charge in [0.2, 0.25) is 11.1 Å². The van der Waals surface area contributed by atoms with Crippen molar-refractivity contribution in [3.05, 3.63) is 21.6 Å². The van der Waals surface area contributed by atoms with Crippen molar-refractivity contribution in [2.24, 2.45) is 0 Å². The fraction of sp³-hybridized carbons (Fsp3) is 0.692. The Morgan fingerprint density at radius 2 is 1.90 bits per heavy atom. The molecule has 1 aromatic heterocycles. The number of nitrogens with zero attached hydrogens (tertiary/aromatic N) is 5. The Balaban J connectivity index is 2.80. The predicted octanol–water partition coefficient (Wildman–Crippen LogP) is 2.60. The van der Waals surface area contributed by atoms with Gasteiger partial charge in [-0.2, -0.15) is 4.98 Å². The fourth-order valence-corrected chi connectivity index (χ4v) is 2.27. The van der Waals surface area contributed by atoms with Gasteiger partial charge in [-0.15, -0.1) is 0 Å². The molecule has 0 bridgehead atoms. The van der Waals surface area contributed by atoms with Crippen molar-refractivity contribution in [2.75, 3.05) is 37.6 Å². The lowest BCUT2D eigenvalue weighted by Gasteiger charge is -2.24. The third-order valence-corrected chi connectivity index (χ3v) is 3.58. The van der Waals surface area contributed by atoms with Crippen LogP contribution in [0.15, 0.2) is 6.20 Å². The maximum absolute atomic E-state index is 11.1. The highest BCUT2D eigenvalue weighted by Gasteiger charge is 2.21. The first-order valence-corrected chi connectivity index (χ1v) is 7.55. The second kappa shape index (κ2) is 8.74. The number of rotatable bonds is 9. The molecule has 0 aliphatic rings. The van der Waals surface area contributed by atoms with Gasteiger partial charge in [0.05, 0.1) is 4.92 Å². The lowest BCUT2D eigenvalue weighted by molar-refractivity contribution is -0.384. The first-order chi connectivity index (χ1) is 10.0. The summed E-state index contributed by atoms with van der Waals surface area (Å²) in [5.74, 6) is 0.294. The van der Waals surface area contributed by atoms with E-state index in [-0.39, 0.29) is 11.0 Å². The number of hydrogen-bond acceptors (Lipinski definition) is 6. The number of anilines is 1. The third-order valence-electron chi connectivity index (χ3n) is 3.40. The number of hydrogen-bond donors (Lipinski definition) is 0. The van der Waals surface area contributed by atoms with Crippen molar-refractivity contribution in [2.45, 2.75) is 27.2 Å². The van der Waals surface area contributed by atoms with Crippen LogP contribution in [0.1, 0.15) is 27.2 Å². The van der Waals surface area contributed by atoms with Gasteiger partial charge in [-0.05, 0) is 44.6 Å². The Morgan fingerprint density at radius 1 is 1.24 bits per heavy atom. The molecule has 0 amide bonds. The van der Waals surface area contributed by atoms with Gasteiger partial charge in [-0.1, -0.05) is 13.8 Å². The predicted molar refractivity (Wildman–Crippen MR) is 84.0 cm³/mol. The molecule has 0 atom stereocenters. The van der Waals surface area contributed by atoms with Crippen LogP contribution >= 0.6 is 11.6 Å². The maximum atomic E-state index is 11.1. The van der Waals surface area contributed by atoms with Gasteiger partial charge in [0, 0.05) is 13.1 Å². The topological polar surface area (TPSA) is 75.4 Å². The summed E-state index contributed by atoms with van der Waals surface area (Å²) in [6.07, 6.45) is 2.08. The van der Waals surface area contributed by atoms with Crippen LogP contribution in [0.4, 0.5) is 11.5 Å². The average Bonchev–Trinajstić information content (AvgIpc) is 2.47. The molecule has 21 heavy (non-hydrogen) atoms. The molecule has 1 heterocycles. The Morgan fingerprint density at radius 3 is 2.43 bits per heavy atom. The Labute approximate surface area is 130 Å². The van der Waals surface area contributed by atoms with E-state index in [2.05, 4.69) is 28.7 Å². The quantitative estimate of drug-likeness (QED) is 0.396. The first kappa shape index (κ1) is 17.6. The lowest BCUT2D eigenvalue weighted by atomic mass is 10.3. The van der Waals surface area contributed by atoms with Crippen molar-refractivity contribution < 1.29 is 4.92 Å². The molecule has 0 aliphatic carbocycles. The molecule has 1 rings (SSSR count). The van der Waals surface area contributed by atoms with Gasteiger partial charge < -0.3 is 9.80 Å². The second-order valence-corrected chi connectivity index (χ2v) is 4.90. The van der Waals surface area contributed by atoms with Crippen molar-refractivity contribution in [1.29, 1.82) is 0 Å². The molecule has 1 aromatic rings. The maximum Gasteiger partial charge on any atom is 0.329 e. The van der Waals surface area contributed by atoms with Gasteiger partial charge in [0.1, 0.15) is 6.20 Å². The lowest BCUT2D eigenvalue weighted by Crippen LogP contribution is -2.30. The van der Waals surface area contributed by atoms with Gasteiger partial charge in [0.25, 0.3) is 0 Å². The zero-order valence-corrected chi connectivity index (χ0v) is 13.5. The molecule has 118 valence electrons. The molecule has 0 N–H and O–H groups in total. The highest BCUT2D eigenvalue weighted by atomic mass is 35.5. The van der Waals surface area contributed by atoms with Gasteiger partial charge >= 0.3 is 5.69 Å². The molecule has 0 saturated heterocycles. The van der Waals surface area contributed by atoms with Crippen molar-refractivity contribution >= 4 is 23.1 Å². The summed E-state index contributed by atoms with van der Waals surface area (Å²) in [5, 5.41) is 11.1. The Bertz CT molecular complexity index is 468. The molecule has 0 unspecified atom stereocenters. The van der Waals surface area contributed by atoms with E-state index >= 15 is 0 Å². The number of nitro groups is 1. The highest BCUT2D eigenvalue weighted by molar-refractivity contribution is 6.28. The van der Waals surface area contributed by atoms with E-state index in [4.69, 9.17) is 11.6 Å². The van der Waals surface area contributed by atoms with E-state index in [1.165, 1.54) is 0 Å². The summed E-state index contributed by atoms with van der Waals surface area (Å²) in [6.45, 7) is 10.5. The zero-order chi connectivity index (χ0) is 15.8. The minimum absolute atomic E-state index is 0.0257. The van der Waals surface area contributed by atoms with Crippen LogP contribution in [0.2, 0.25) is 5.28 Å². The van der Waals surface area contributed by atoms with Crippen LogP contribution in [0.25, 0.3) is 0 Å². The summed E-state index contributed by atoms with van der Waals surface area (Å²) in [4.78, 5) is 22.5. The van der Waals surface area contributed by atoms with Crippen LogP contribution in [-0.2, 0) is 0 Å². The Kier molecular flexibility index (Phi) is 7.31. The van der Waals surface area contributed by atoms with Crippen LogP contribution in [0, 0.1) is 10.1 Å². The summed E-state index contributed by atoms with van der Waals surface area (Å²) < 4.78 is 0. The molecule has 0 radical (unpaired) electrons. The summed E-state index contributed by atoms with van der Waals surface area (Å²) in [6, 6.07) is 0. The molecule has 0 saturated carbocycles. The number of aromatic nitrogens is 2. The van der Waals surface area contributed by atoms with E-state index in [1.54, 1.807) is 0 Å². The summed E-state index contributed by atoms with van der Waals surface area (Å²) >= 11 is 5.77. The van der Waals surface area contributed by atoms with E-state index < -0.39 is 4.92 Å². The SMILES string of the molecule is CCN(CC)CCCN(CC)c1nc(Cl)ncc1[N+](=O)[O-]. The minimum Gasteiger partial charge on any atom is -0.351 e. The van der Waals surface area contributed by atoms with E-state index in [0.29, 0.717) is 18.9 Å². The van der Waals surface area contributed by atoms with Crippen LogP contribution in [-0.4, -0.2) is 52.5 Å². The van der Waals surface area contributed by atoms with Gasteiger partial charge in [-0.25, -0.2) is 4.98 Å². The second-order valence-electron chi connectivity index (χ2n) is 4.57. The van der Waals surface area contributed by atoms with Crippen molar-refractivity contribution in [3.63, 3.8) is 0 Å². The normalized spacial score (nSPS) is 10.9. The zero-order valence-electron chi connectivity index (χ0n) is 12.8. The fourth-order valence-electron chi connectivity index (χ4n) is 2.15. The largest absolute Gasteiger partial charge is 0.351 e. The molecule has 0 aliphatic heterocycles. The van der Waals surface area contributed by atoms with Gasteiger partial charge in [-0.3, -0.25) is 10.1 Å². The third kappa shape index (κ3) is 5.09. The average molecular weight is 316 g/mol. The van der Waals surface area contributed by atoms with E-state index in [0.717, 1.165) is 32.3 Å². The van der Waals surface area contributed by atoms with E-state index in [9.17, 15) is 10.1 Å². The molecule has 0 aromatic carbocycles. The molecular formula is C13H22ClN5O2. The van der Waals surface area contributed by atoms with Crippen LogP contribution in [0.5, 0.6) is 0 Å². The highest BCUT2D eigenvalue weighted by Crippen LogP contribution is 2.26. The molecule has 0 spiro atoms. The molecular weight excluding hydrogens is 294 g/mol. The van der Waals surface area contributed by atoms with Crippen LogP contribution in [0.3, 0.4) is 0 Å². The smallest absolute Gasteiger partial charge is 0.329 e. The van der Waals surface area contributed by atoms with Crippen LogP contribution < -0.4 is 4.90 Å². The standard InChI is InChI=1S/C13H22ClN5O2/c1-4-17(5-2)8-7-9-18(6-3)12-11(19(20)21)10-15-13(14)16-12/h10H,4-9H2,1-3H3. The Hall–Kier alpha value is -1.47. The number of halogens is 1. The molecule has 8 heteroatoms.